The summed E-state index contributed by atoms with van der Waals surface area (Å²) in [5, 5.41) is 4.51. The van der Waals surface area contributed by atoms with Gasteiger partial charge >= 0.3 is 12.1 Å². The van der Waals surface area contributed by atoms with Crippen molar-refractivity contribution in [3.05, 3.63) is 66.0 Å². The van der Waals surface area contributed by atoms with E-state index in [9.17, 15) is 9.59 Å². The lowest BCUT2D eigenvalue weighted by molar-refractivity contribution is -0.142. The molecule has 7 heteroatoms. The lowest BCUT2D eigenvalue weighted by Crippen LogP contribution is -2.10. The minimum absolute atomic E-state index is 0.103. The average Bonchev–Trinajstić information content (AvgIpc) is 3.11. The van der Waals surface area contributed by atoms with Crippen molar-refractivity contribution in [2.24, 2.45) is 0 Å². The highest BCUT2D eigenvalue weighted by Crippen LogP contribution is 2.31. The maximum absolute atomic E-state index is 11.6. The standard InChI is InChI=1S/C23H21N3O4/c1-14-6-4-5-7-18(14)21-20(13-30-15(2)27)26-11-10-16-8-9-17(24-23(28)29-3)12-19(16)22(26)25-21/h4-12H,13H2,1-3H3,(H,24,28). The van der Waals surface area contributed by atoms with E-state index in [1.54, 1.807) is 6.07 Å². The lowest BCUT2D eigenvalue weighted by Gasteiger charge is -2.09. The molecular formula is C23H21N3O4. The molecule has 4 rings (SSSR count). The zero-order valence-corrected chi connectivity index (χ0v) is 16.9. The monoisotopic (exact) mass is 403 g/mol. The first-order valence-electron chi connectivity index (χ1n) is 9.46. The number of pyridine rings is 1. The summed E-state index contributed by atoms with van der Waals surface area (Å²) in [6, 6.07) is 15.5. The molecule has 1 amide bonds. The Morgan fingerprint density at radius 1 is 1.13 bits per heavy atom. The highest BCUT2D eigenvalue weighted by molar-refractivity contribution is 5.99. The van der Waals surface area contributed by atoms with Gasteiger partial charge in [-0.05, 0) is 36.1 Å². The van der Waals surface area contributed by atoms with E-state index in [-0.39, 0.29) is 12.6 Å². The number of rotatable bonds is 4. The Morgan fingerprint density at radius 3 is 2.67 bits per heavy atom. The van der Waals surface area contributed by atoms with Crippen LogP contribution in [0.25, 0.3) is 27.7 Å². The second-order valence-corrected chi connectivity index (χ2v) is 6.93. The Bertz CT molecular complexity index is 1280. The largest absolute Gasteiger partial charge is 0.459 e. The normalized spacial score (nSPS) is 10.9. The Hall–Kier alpha value is -3.87. The fourth-order valence-corrected chi connectivity index (χ4v) is 3.48. The third-order valence-electron chi connectivity index (χ3n) is 4.95. The van der Waals surface area contributed by atoms with Gasteiger partial charge in [0.15, 0.2) is 0 Å². The average molecular weight is 403 g/mol. The summed E-state index contributed by atoms with van der Waals surface area (Å²) in [5.74, 6) is -0.356. The molecule has 30 heavy (non-hydrogen) atoms. The number of ether oxygens (including phenoxy) is 2. The maximum atomic E-state index is 11.6. The molecule has 0 spiro atoms. The molecule has 0 fully saturated rings. The van der Waals surface area contributed by atoms with Crippen LogP contribution in [-0.2, 0) is 20.9 Å². The van der Waals surface area contributed by atoms with Crippen LogP contribution in [0.1, 0.15) is 18.2 Å². The topological polar surface area (TPSA) is 81.9 Å². The number of benzene rings is 2. The highest BCUT2D eigenvalue weighted by Gasteiger charge is 2.18. The minimum Gasteiger partial charge on any atom is -0.459 e. The molecule has 0 saturated carbocycles. The molecule has 0 unspecified atom stereocenters. The third kappa shape index (κ3) is 3.57. The number of nitrogens with one attached hydrogen (secondary N) is 1. The number of carbonyl (C=O) groups is 2. The van der Waals surface area contributed by atoms with E-state index in [4.69, 9.17) is 9.72 Å². The number of imidazole rings is 1. The summed E-state index contributed by atoms with van der Waals surface area (Å²) >= 11 is 0. The van der Waals surface area contributed by atoms with Gasteiger partial charge in [0.25, 0.3) is 0 Å². The van der Waals surface area contributed by atoms with Crippen LogP contribution < -0.4 is 5.32 Å². The van der Waals surface area contributed by atoms with Gasteiger partial charge in [-0.15, -0.1) is 0 Å². The van der Waals surface area contributed by atoms with Gasteiger partial charge in [0, 0.05) is 29.8 Å². The summed E-state index contributed by atoms with van der Waals surface area (Å²) in [4.78, 5) is 28.0. The number of hydrogen-bond acceptors (Lipinski definition) is 5. The molecule has 2 aromatic carbocycles. The van der Waals surface area contributed by atoms with Gasteiger partial charge in [0.2, 0.25) is 0 Å². The first kappa shape index (κ1) is 19.4. The number of nitrogens with zero attached hydrogens (tertiary/aromatic N) is 2. The predicted octanol–water partition coefficient (Wildman–Crippen LogP) is 4.70. The Labute approximate surface area is 173 Å². The van der Waals surface area contributed by atoms with Crippen molar-refractivity contribution in [2.45, 2.75) is 20.5 Å². The molecule has 0 aliphatic rings. The Kier molecular flexibility index (Phi) is 5.10. The lowest BCUT2D eigenvalue weighted by atomic mass is 10.0. The zero-order chi connectivity index (χ0) is 21.3. The summed E-state index contributed by atoms with van der Waals surface area (Å²) in [7, 11) is 1.32. The number of esters is 1. The van der Waals surface area contributed by atoms with Crippen molar-refractivity contribution in [2.75, 3.05) is 12.4 Å². The molecule has 0 radical (unpaired) electrons. The molecule has 7 nitrogen and oxygen atoms in total. The number of amides is 1. The number of aromatic nitrogens is 2. The van der Waals surface area contributed by atoms with Crippen LogP contribution in [0.2, 0.25) is 0 Å². The van der Waals surface area contributed by atoms with Crippen LogP contribution >= 0.6 is 0 Å². The highest BCUT2D eigenvalue weighted by atomic mass is 16.5. The van der Waals surface area contributed by atoms with Crippen molar-refractivity contribution >= 4 is 34.2 Å². The zero-order valence-electron chi connectivity index (χ0n) is 16.9. The molecule has 152 valence electrons. The molecule has 0 atom stereocenters. The third-order valence-corrected chi connectivity index (χ3v) is 4.95. The predicted molar refractivity (Wildman–Crippen MR) is 114 cm³/mol. The molecule has 0 aliphatic heterocycles. The van der Waals surface area contributed by atoms with E-state index in [0.717, 1.165) is 33.3 Å². The van der Waals surface area contributed by atoms with E-state index >= 15 is 0 Å². The number of aryl methyl sites for hydroxylation is 1. The number of carbonyl (C=O) groups excluding carboxylic acids is 2. The van der Waals surface area contributed by atoms with Crippen molar-refractivity contribution in [1.29, 1.82) is 0 Å². The van der Waals surface area contributed by atoms with E-state index in [1.807, 2.05) is 60.0 Å². The van der Waals surface area contributed by atoms with Crippen molar-refractivity contribution in [3.8, 4) is 11.3 Å². The van der Waals surface area contributed by atoms with Crippen LogP contribution in [-0.4, -0.2) is 28.6 Å². The number of fused-ring (bicyclic) bond motifs is 3. The number of hydrogen-bond donors (Lipinski definition) is 1. The second-order valence-electron chi connectivity index (χ2n) is 6.93. The quantitative estimate of drug-likeness (QED) is 0.499. The maximum Gasteiger partial charge on any atom is 0.411 e. The van der Waals surface area contributed by atoms with Crippen LogP contribution in [0.5, 0.6) is 0 Å². The Morgan fingerprint density at radius 2 is 1.93 bits per heavy atom. The molecule has 1 N–H and O–H groups in total. The summed E-state index contributed by atoms with van der Waals surface area (Å²) in [6.07, 6.45) is 1.37. The van der Waals surface area contributed by atoms with Gasteiger partial charge in [-0.1, -0.05) is 30.3 Å². The van der Waals surface area contributed by atoms with Crippen molar-refractivity contribution in [1.82, 2.24) is 9.38 Å². The van der Waals surface area contributed by atoms with Gasteiger partial charge in [-0.3, -0.25) is 14.5 Å². The Balaban J connectivity index is 1.95. The number of methoxy groups -OCH3 is 1. The smallest absolute Gasteiger partial charge is 0.411 e. The molecular weight excluding hydrogens is 382 g/mol. The van der Waals surface area contributed by atoms with E-state index in [1.165, 1.54) is 14.0 Å². The fraction of sp³-hybridized carbons (Fsp3) is 0.174. The van der Waals surface area contributed by atoms with Crippen molar-refractivity contribution in [3.63, 3.8) is 0 Å². The van der Waals surface area contributed by atoms with Crippen molar-refractivity contribution < 1.29 is 19.1 Å². The summed E-state index contributed by atoms with van der Waals surface area (Å²) in [5.41, 5.74) is 4.89. The SMILES string of the molecule is COC(=O)Nc1ccc2ccn3c(COC(C)=O)c(-c4ccccc4C)nc3c2c1. The minimum atomic E-state index is -0.541. The van der Waals surface area contributed by atoms with Gasteiger partial charge in [0.1, 0.15) is 12.3 Å². The molecule has 2 heterocycles. The van der Waals surface area contributed by atoms with Gasteiger partial charge in [-0.25, -0.2) is 9.78 Å². The molecule has 2 aromatic heterocycles. The summed E-state index contributed by atoms with van der Waals surface area (Å²) < 4.78 is 11.9. The first-order valence-corrected chi connectivity index (χ1v) is 9.46. The molecule has 0 aliphatic carbocycles. The number of anilines is 1. The van der Waals surface area contributed by atoms with Crippen LogP contribution in [0, 0.1) is 6.92 Å². The van der Waals surface area contributed by atoms with E-state index < -0.39 is 6.09 Å². The van der Waals surface area contributed by atoms with Gasteiger partial charge in [-0.2, -0.15) is 0 Å². The van der Waals surface area contributed by atoms with E-state index in [2.05, 4.69) is 10.1 Å². The van der Waals surface area contributed by atoms with Gasteiger partial charge in [0.05, 0.1) is 18.5 Å². The van der Waals surface area contributed by atoms with E-state index in [0.29, 0.717) is 11.3 Å². The molecule has 4 aromatic rings. The molecule has 0 saturated heterocycles. The van der Waals surface area contributed by atoms with Gasteiger partial charge < -0.3 is 9.47 Å². The summed E-state index contributed by atoms with van der Waals surface area (Å²) in [6.45, 7) is 3.51. The van der Waals surface area contributed by atoms with Crippen LogP contribution in [0.15, 0.2) is 54.7 Å². The second kappa shape index (κ2) is 7.87. The fourth-order valence-electron chi connectivity index (χ4n) is 3.48. The first-order chi connectivity index (χ1) is 14.5. The van der Waals surface area contributed by atoms with Crippen LogP contribution in [0.4, 0.5) is 10.5 Å². The van der Waals surface area contributed by atoms with Crippen LogP contribution in [0.3, 0.4) is 0 Å². The molecule has 0 bridgehead atoms.